The lowest BCUT2D eigenvalue weighted by molar-refractivity contribution is -0.117. The van der Waals surface area contributed by atoms with Gasteiger partial charge in [-0.15, -0.1) is 0 Å². The Bertz CT molecular complexity index is 593. The molecule has 0 aliphatic heterocycles. The van der Waals surface area contributed by atoms with Crippen molar-refractivity contribution in [2.24, 2.45) is 0 Å². The molecule has 0 aromatic heterocycles. The Morgan fingerprint density at radius 2 is 1.73 bits per heavy atom. The van der Waals surface area contributed by atoms with Gasteiger partial charge in [-0.1, -0.05) is 30.3 Å². The van der Waals surface area contributed by atoms with Crippen LogP contribution in [0.15, 0.2) is 54.6 Å². The summed E-state index contributed by atoms with van der Waals surface area (Å²) < 4.78 is 0. The number of nitrogens with one attached hydrogen (secondary N) is 1. The number of nitrogens with two attached hydrogens (primary N) is 1. The molecular formula is C18H23N3O. The summed E-state index contributed by atoms with van der Waals surface area (Å²) >= 11 is 0. The van der Waals surface area contributed by atoms with Crippen LogP contribution in [-0.2, 0) is 11.3 Å². The van der Waals surface area contributed by atoms with Gasteiger partial charge in [-0.2, -0.15) is 0 Å². The van der Waals surface area contributed by atoms with E-state index in [4.69, 9.17) is 5.73 Å². The zero-order valence-electron chi connectivity index (χ0n) is 13.1. The predicted molar refractivity (Wildman–Crippen MR) is 91.5 cm³/mol. The number of hydrogen-bond acceptors (Lipinski definition) is 3. The zero-order chi connectivity index (χ0) is 15.9. The Morgan fingerprint density at radius 1 is 1.09 bits per heavy atom. The maximum Gasteiger partial charge on any atom is 0.238 e. The van der Waals surface area contributed by atoms with Gasteiger partial charge >= 0.3 is 0 Å². The average molecular weight is 297 g/mol. The van der Waals surface area contributed by atoms with Gasteiger partial charge in [0.1, 0.15) is 0 Å². The highest BCUT2D eigenvalue weighted by atomic mass is 16.2. The number of benzene rings is 2. The Balaban J connectivity index is 1.95. The molecule has 0 aliphatic carbocycles. The van der Waals surface area contributed by atoms with Gasteiger partial charge in [0.05, 0.1) is 6.54 Å². The maximum atomic E-state index is 12.2. The Hall–Kier alpha value is -2.33. The fourth-order valence-corrected chi connectivity index (χ4v) is 2.19. The van der Waals surface area contributed by atoms with Gasteiger partial charge in [-0.3, -0.25) is 9.69 Å². The lowest BCUT2D eigenvalue weighted by Gasteiger charge is -2.26. The third-order valence-corrected chi connectivity index (χ3v) is 3.50. The number of nitrogen functional groups attached to an aromatic ring is 1. The van der Waals surface area contributed by atoms with Crippen LogP contribution in [0.1, 0.15) is 19.4 Å². The molecular weight excluding hydrogens is 274 g/mol. The van der Waals surface area contributed by atoms with Crippen LogP contribution in [0.5, 0.6) is 0 Å². The van der Waals surface area contributed by atoms with Crippen molar-refractivity contribution in [1.82, 2.24) is 4.90 Å². The first kappa shape index (κ1) is 16.0. The second-order valence-electron chi connectivity index (χ2n) is 5.65. The van der Waals surface area contributed by atoms with Crippen LogP contribution >= 0.6 is 0 Å². The van der Waals surface area contributed by atoms with E-state index in [0.717, 1.165) is 12.2 Å². The van der Waals surface area contributed by atoms with Gasteiger partial charge < -0.3 is 11.1 Å². The first-order chi connectivity index (χ1) is 10.5. The second-order valence-corrected chi connectivity index (χ2v) is 5.65. The van der Waals surface area contributed by atoms with E-state index in [-0.39, 0.29) is 11.9 Å². The monoisotopic (exact) mass is 297 g/mol. The summed E-state index contributed by atoms with van der Waals surface area (Å²) in [7, 11) is 0. The van der Waals surface area contributed by atoms with Gasteiger partial charge in [0.25, 0.3) is 0 Å². The minimum atomic E-state index is -0.0191. The SMILES string of the molecule is CC(C)N(CC(=O)Nc1ccc(N)cc1)Cc1ccccc1. The first-order valence-electron chi connectivity index (χ1n) is 7.48. The summed E-state index contributed by atoms with van der Waals surface area (Å²) in [6, 6.07) is 17.6. The van der Waals surface area contributed by atoms with Crippen LogP contribution in [-0.4, -0.2) is 23.4 Å². The Kier molecular flexibility index (Phi) is 5.55. The van der Waals surface area contributed by atoms with Crippen molar-refractivity contribution >= 4 is 17.3 Å². The summed E-state index contributed by atoms with van der Waals surface area (Å²) in [6.45, 7) is 5.31. The molecule has 0 radical (unpaired) electrons. The normalized spacial score (nSPS) is 10.9. The third kappa shape index (κ3) is 4.90. The summed E-state index contributed by atoms with van der Waals surface area (Å²) in [5, 5.41) is 2.90. The van der Waals surface area contributed by atoms with Crippen LogP contribution in [0.2, 0.25) is 0 Å². The molecule has 116 valence electrons. The highest BCUT2D eigenvalue weighted by Gasteiger charge is 2.14. The smallest absolute Gasteiger partial charge is 0.238 e. The second kappa shape index (κ2) is 7.61. The molecule has 4 nitrogen and oxygen atoms in total. The molecule has 0 unspecified atom stereocenters. The third-order valence-electron chi connectivity index (χ3n) is 3.50. The number of rotatable bonds is 6. The molecule has 0 aliphatic rings. The van der Waals surface area contributed by atoms with Crippen LogP contribution in [0.25, 0.3) is 0 Å². The minimum absolute atomic E-state index is 0.0191. The summed E-state index contributed by atoms with van der Waals surface area (Å²) in [5.41, 5.74) is 8.30. The van der Waals surface area contributed by atoms with Crippen molar-refractivity contribution in [2.75, 3.05) is 17.6 Å². The molecule has 2 aromatic carbocycles. The minimum Gasteiger partial charge on any atom is -0.399 e. The average Bonchev–Trinajstić information content (AvgIpc) is 2.50. The quantitative estimate of drug-likeness (QED) is 0.805. The van der Waals surface area contributed by atoms with Gasteiger partial charge in [0.2, 0.25) is 5.91 Å². The number of carbonyl (C=O) groups is 1. The van der Waals surface area contributed by atoms with E-state index < -0.39 is 0 Å². The van der Waals surface area contributed by atoms with E-state index in [1.54, 1.807) is 12.1 Å². The molecule has 0 saturated heterocycles. The number of amides is 1. The van der Waals surface area contributed by atoms with E-state index in [2.05, 4.69) is 36.2 Å². The molecule has 2 aromatic rings. The van der Waals surface area contributed by atoms with Crippen LogP contribution in [0.4, 0.5) is 11.4 Å². The standard InChI is InChI=1S/C18H23N3O/c1-14(2)21(12-15-6-4-3-5-7-15)13-18(22)20-17-10-8-16(19)9-11-17/h3-11,14H,12-13,19H2,1-2H3,(H,20,22). The molecule has 1 amide bonds. The first-order valence-corrected chi connectivity index (χ1v) is 7.48. The lowest BCUT2D eigenvalue weighted by Crippen LogP contribution is -2.37. The maximum absolute atomic E-state index is 12.2. The fourth-order valence-electron chi connectivity index (χ4n) is 2.19. The van der Waals surface area contributed by atoms with Crippen LogP contribution in [0, 0.1) is 0 Å². The van der Waals surface area contributed by atoms with Crippen LogP contribution in [0.3, 0.4) is 0 Å². The van der Waals surface area contributed by atoms with E-state index >= 15 is 0 Å². The van der Waals surface area contributed by atoms with Crippen molar-refractivity contribution in [2.45, 2.75) is 26.4 Å². The van der Waals surface area contributed by atoms with Crippen molar-refractivity contribution in [3.63, 3.8) is 0 Å². The number of hydrogen-bond donors (Lipinski definition) is 2. The number of carbonyl (C=O) groups excluding carboxylic acids is 1. The van der Waals surface area contributed by atoms with Gasteiger partial charge in [-0.05, 0) is 43.7 Å². The van der Waals surface area contributed by atoms with E-state index in [0.29, 0.717) is 12.2 Å². The molecule has 0 heterocycles. The van der Waals surface area contributed by atoms with E-state index in [1.807, 2.05) is 30.3 Å². The molecule has 0 saturated carbocycles. The largest absolute Gasteiger partial charge is 0.399 e. The lowest BCUT2D eigenvalue weighted by atomic mass is 10.2. The molecule has 0 atom stereocenters. The predicted octanol–water partition coefficient (Wildman–Crippen LogP) is 3.12. The van der Waals surface area contributed by atoms with Crippen molar-refractivity contribution < 1.29 is 4.79 Å². The zero-order valence-corrected chi connectivity index (χ0v) is 13.1. The molecule has 0 bridgehead atoms. The van der Waals surface area contributed by atoms with Crippen molar-refractivity contribution in [1.29, 1.82) is 0 Å². The van der Waals surface area contributed by atoms with Gasteiger partial charge in [-0.25, -0.2) is 0 Å². The molecule has 2 rings (SSSR count). The van der Waals surface area contributed by atoms with Gasteiger partial charge in [0.15, 0.2) is 0 Å². The topological polar surface area (TPSA) is 58.4 Å². The van der Waals surface area contributed by atoms with E-state index in [9.17, 15) is 4.79 Å². The highest BCUT2D eigenvalue weighted by Crippen LogP contribution is 2.12. The van der Waals surface area contributed by atoms with Gasteiger partial charge in [0, 0.05) is 24.0 Å². The number of nitrogens with zero attached hydrogens (tertiary/aromatic N) is 1. The molecule has 4 heteroatoms. The Labute approximate surface area is 131 Å². The highest BCUT2D eigenvalue weighted by molar-refractivity contribution is 5.92. The molecule has 0 spiro atoms. The number of anilines is 2. The molecule has 3 N–H and O–H groups in total. The summed E-state index contributed by atoms with van der Waals surface area (Å²) in [4.78, 5) is 14.4. The fraction of sp³-hybridized carbons (Fsp3) is 0.278. The summed E-state index contributed by atoms with van der Waals surface area (Å²) in [6.07, 6.45) is 0. The van der Waals surface area contributed by atoms with Crippen LogP contribution < -0.4 is 11.1 Å². The molecule has 22 heavy (non-hydrogen) atoms. The Morgan fingerprint density at radius 3 is 2.32 bits per heavy atom. The van der Waals surface area contributed by atoms with E-state index in [1.165, 1.54) is 5.56 Å². The van der Waals surface area contributed by atoms with Crippen molar-refractivity contribution in [3.8, 4) is 0 Å². The summed E-state index contributed by atoms with van der Waals surface area (Å²) in [5.74, 6) is -0.0191. The molecule has 0 fully saturated rings. The van der Waals surface area contributed by atoms with Crippen molar-refractivity contribution in [3.05, 3.63) is 60.2 Å².